The molecule has 11 heteroatoms. The fraction of sp³-hybridized carbons (Fsp3) is 0.815. The predicted molar refractivity (Wildman–Crippen MR) is 270 cm³/mol. The number of phosphoric ester groups is 1. The summed E-state index contributed by atoms with van der Waals surface area (Å²) >= 11 is 0. The van der Waals surface area contributed by atoms with Crippen LogP contribution in [0.5, 0.6) is 0 Å². The number of allylic oxidation sites excluding steroid dienone is 8. The lowest BCUT2D eigenvalue weighted by Gasteiger charge is -2.20. The first-order chi connectivity index (χ1) is 31.7. The van der Waals surface area contributed by atoms with Crippen molar-refractivity contribution in [3.05, 3.63) is 48.6 Å². The van der Waals surface area contributed by atoms with E-state index in [1.807, 2.05) is 0 Å². The average molecular weight is 939 g/mol. The highest BCUT2D eigenvalue weighted by atomic mass is 31.2. The van der Waals surface area contributed by atoms with Gasteiger partial charge in [-0.2, -0.15) is 0 Å². The number of hydrogen-bond donors (Lipinski definition) is 3. The van der Waals surface area contributed by atoms with Gasteiger partial charge in [0.05, 0.1) is 19.8 Å². The van der Waals surface area contributed by atoms with Crippen molar-refractivity contribution < 1.29 is 47.8 Å². The Labute approximate surface area is 398 Å². The Hall–Kier alpha value is -2.07. The third-order valence-corrected chi connectivity index (χ3v) is 12.4. The molecule has 0 aliphatic carbocycles. The fourth-order valence-corrected chi connectivity index (χ4v) is 8.14. The van der Waals surface area contributed by atoms with E-state index in [1.165, 1.54) is 135 Å². The first-order valence-electron chi connectivity index (χ1n) is 26.6. The maximum atomic E-state index is 12.7. The molecule has 0 saturated heterocycles. The first kappa shape index (κ1) is 62.9. The lowest BCUT2D eigenvalue weighted by molar-refractivity contribution is -0.161. The van der Waals surface area contributed by atoms with Crippen molar-refractivity contribution in [1.82, 2.24) is 0 Å². The molecule has 0 spiro atoms. The van der Waals surface area contributed by atoms with E-state index in [1.54, 1.807) is 0 Å². The summed E-state index contributed by atoms with van der Waals surface area (Å²) in [5.74, 6) is -0.934. The highest BCUT2D eigenvalue weighted by Crippen LogP contribution is 2.43. The highest BCUT2D eigenvalue weighted by Gasteiger charge is 2.27. The molecule has 0 heterocycles. The summed E-state index contributed by atoms with van der Waals surface area (Å²) in [6.07, 6.45) is 56.5. The van der Waals surface area contributed by atoms with E-state index < -0.39 is 51.8 Å². The summed E-state index contributed by atoms with van der Waals surface area (Å²) in [4.78, 5) is 35.2. The number of unbranched alkanes of at least 4 members (excludes halogenated alkanes) is 28. The standard InChI is InChI=1S/C54H99O10P/c1-3-5-7-9-11-13-15-17-19-21-23-24-25-26-28-29-31-33-35-37-39-41-43-45-53(57)61-49-52(50-63-65(59,60)62-48-51(56)47-55)64-54(58)46-44-42-40-38-36-34-32-30-27-22-20-18-16-14-12-10-8-6-4-2/h12,14,18,20-21,23,27,30,51-52,55-56H,3-11,13,15-17,19,22,24-26,28-29,31-50H2,1-2H3,(H,59,60)/b14-12-,20-18-,23-21-,30-27-. The molecule has 3 atom stereocenters. The van der Waals surface area contributed by atoms with Crippen molar-refractivity contribution in [2.75, 3.05) is 26.4 Å². The Morgan fingerprint density at radius 3 is 1.25 bits per heavy atom. The number of carbonyl (C=O) groups is 2. The normalized spacial score (nSPS) is 14.0. The smallest absolute Gasteiger partial charge is 0.462 e. The summed E-state index contributed by atoms with van der Waals surface area (Å²) in [7, 11) is -4.63. The van der Waals surface area contributed by atoms with Crippen LogP contribution in [0.3, 0.4) is 0 Å². The van der Waals surface area contributed by atoms with Crippen molar-refractivity contribution in [3.63, 3.8) is 0 Å². The van der Waals surface area contributed by atoms with Gasteiger partial charge >= 0.3 is 19.8 Å². The highest BCUT2D eigenvalue weighted by molar-refractivity contribution is 7.47. The van der Waals surface area contributed by atoms with Gasteiger partial charge in [0.1, 0.15) is 12.7 Å². The van der Waals surface area contributed by atoms with Crippen LogP contribution in [0, 0.1) is 0 Å². The van der Waals surface area contributed by atoms with Crippen LogP contribution < -0.4 is 0 Å². The zero-order valence-corrected chi connectivity index (χ0v) is 42.6. The largest absolute Gasteiger partial charge is 0.472 e. The predicted octanol–water partition coefficient (Wildman–Crippen LogP) is 15.2. The Kier molecular flexibility index (Phi) is 48.2. The molecule has 380 valence electrons. The van der Waals surface area contributed by atoms with Gasteiger partial charge in [0.25, 0.3) is 0 Å². The van der Waals surface area contributed by atoms with Gasteiger partial charge in [-0.3, -0.25) is 18.6 Å². The van der Waals surface area contributed by atoms with Crippen LogP contribution in [0.15, 0.2) is 48.6 Å². The Balaban J connectivity index is 4.16. The van der Waals surface area contributed by atoms with Crippen molar-refractivity contribution in [1.29, 1.82) is 0 Å². The molecule has 3 unspecified atom stereocenters. The van der Waals surface area contributed by atoms with Crippen molar-refractivity contribution in [3.8, 4) is 0 Å². The molecule has 65 heavy (non-hydrogen) atoms. The summed E-state index contributed by atoms with van der Waals surface area (Å²) in [5.41, 5.74) is 0. The minimum Gasteiger partial charge on any atom is -0.462 e. The van der Waals surface area contributed by atoms with Crippen molar-refractivity contribution in [2.45, 2.75) is 257 Å². The molecule has 0 radical (unpaired) electrons. The third-order valence-electron chi connectivity index (χ3n) is 11.5. The number of ether oxygens (including phenoxy) is 2. The molecule has 0 aromatic carbocycles. The average Bonchev–Trinajstić information content (AvgIpc) is 3.30. The summed E-state index contributed by atoms with van der Waals surface area (Å²) in [6.45, 7) is 2.37. The minimum absolute atomic E-state index is 0.169. The summed E-state index contributed by atoms with van der Waals surface area (Å²) in [5, 5.41) is 18.4. The van der Waals surface area contributed by atoms with Gasteiger partial charge in [-0.05, 0) is 77.0 Å². The van der Waals surface area contributed by atoms with Crippen LogP contribution in [-0.4, -0.2) is 65.7 Å². The van der Waals surface area contributed by atoms with Gasteiger partial charge < -0.3 is 24.6 Å². The lowest BCUT2D eigenvalue weighted by Crippen LogP contribution is -2.29. The second kappa shape index (κ2) is 49.8. The molecule has 0 aromatic rings. The van der Waals surface area contributed by atoms with Crippen LogP contribution >= 0.6 is 7.82 Å². The Morgan fingerprint density at radius 1 is 0.462 bits per heavy atom. The molecule has 0 amide bonds. The van der Waals surface area contributed by atoms with E-state index in [4.69, 9.17) is 23.6 Å². The number of hydrogen-bond acceptors (Lipinski definition) is 9. The fourth-order valence-electron chi connectivity index (χ4n) is 7.35. The molecule has 0 fully saturated rings. The van der Waals surface area contributed by atoms with E-state index in [9.17, 15) is 24.2 Å². The number of esters is 2. The third kappa shape index (κ3) is 49.7. The van der Waals surface area contributed by atoms with Crippen molar-refractivity contribution in [2.24, 2.45) is 0 Å². The maximum absolute atomic E-state index is 12.7. The quantitative estimate of drug-likeness (QED) is 0.0233. The molecule has 0 aromatic heterocycles. The van der Waals surface area contributed by atoms with Crippen LogP contribution in [0.1, 0.15) is 245 Å². The lowest BCUT2D eigenvalue weighted by atomic mass is 10.0. The zero-order valence-electron chi connectivity index (χ0n) is 41.7. The number of phosphoric acid groups is 1. The maximum Gasteiger partial charge on any atom is 0.472 e. The number of aliphatic hydroxyl groups excluding tert-OH is 2. The van der Waals surface area contributed by atoms with Crippen LogP contribution in [0.4, 0.5) is 0 Å². The van der Waals surface area contributed by atoms with Gasteiger partial charge in [-0.25, -0.2) is 4.57 Å². The molecule has 0 bridgehead atoms. The Bertz CT molecular complexity index is 1220. The van der Waals surface area contributed by atoms with Gasteiger partial charge in [0, 0.05) is 12.8 Å². The van der Waals surface area contributed by atoms with Gasteiger partial charge in [0.15, 0.2) is 6.10 Å². The van der Waals surface area contributed by atoms with Gasteiger partial charge in [-0.1, -0.05) is 204 Å². The van der Waals surface area contributed by atoms with Gasteiger partial charge in [0.2, 0.25) is 0 Å². The molecule has 10 nitrogen and oxygen atoms in total. The monoisotopic (exact) mass is 939 g/mol. The number of aliphatic hydroxyl groups is 2. The zero-order chi connectivity index (χ0) is 47.6. The van der Waals surface area contributed by atoms with Crippen LogP contribution in [-0.2, 0) is 32.7 Å². The molecule has 0 aliphatic heterocycles. The minimum atomic E-state index is -4.63. The Morgan fingerprint density at radius 2 is 0.800 bits per heavy atom. The van der Waals surface area contributed by atoms with E-state index >= 15 is 0 Å². The van der Waals surface area contributed by atoms with E-state index in [-0.39, 0.29) is 19.4 Å². The molecule has 0 saturated carbocycles. The number of carbonyl (C=O) groups excluding carboxylic acids is 2. The first-order valence-corrected chi connectivity index (χ1v) is 28.1. The molecular weight excluding hydrogens is 840 g/mol. The molecular formula is C54H99O10P. The second-order valence-corrected chi connectivity index (χ2v) is 19.3. The molecule has 0 aliphatic rings. The van der Waals surface area contributed by atoms with Crippen molar-refractivity contribution >= 4 is 19.8 Å². The van der Waals surface area contributed by atoms with Gasteiger partial charge in [-0.15, -0.1) is 0 Å². The molecule has 3 N–H and O–H groups in total. The summed E-state index contributed by atoms with van der Waals surface area (Å²) < 4.78 is 32.9. The summed E-state index contributed by atoms with van der Waals surface area (Å²) in [6, 6.07) is 0. The van der Waals surface area contributed by atoms with E-state index in [2.05, 4.69) is 62.5 Å². The van der Waals surface area contributed by atoms with Crippen LogP contribution in [0.2, 0.25) is 0 Å². The van der Waals surface area contributed by atoms with Crippen LogP contribution in [0.25, 0.3) is 0 Å². The topological polar surface area (TPSA) is 149 Å². The second-order valence-electron chi connectivity index (χ2n) is 17.9. The SMILES string of the molecule is CCCCC/C=C\C/C=C\C/C=C\CCCCCCCCC(=O)OC(COC(=O)CCCCCCCCCCCCC/C=C\CCCCCCCCCC)COP(=O)(O)OCC(O)CO. The number of rotatable bonds is 50. The van der Waals surface area contributed by atoms with E-state index in [0.29, 0.717) is 12.8 Å². The molecule has 0 rings (SSSR count). The van der Waals surface area contributed by atoms with E-state index in [0.717, 1.165) is 70.6 Å².